The molecule has 0 unspecified atom stereocenters. The van der Waals surface area contributed by atoms with Crippen molar-refractivity contribution in [2.45, 2.75) is 18.6 Å². The second kappa shape index (κ2) is 10.5. The molecule has 0 saturated carbocycles. The van der Waals surface area contributed by atoms with E-state index in [1.165, 1.54) is 24.0 Å². The van der Waals surface area contributed by atoms with Gasteiger partial charge in [-0.1, -0.05) is 41.9 Å². The van der Waals surface area contributed by atoms with Crippen LogP contribution in [-0.4, -0.2) is 62.7 Å². The predicted octanol–water partition coefficient (Wildman–Crippen LogP) is 3.80. The number of β-lactam (4-membered cyclic amide) rings is 1. The summed E-state index contributed by atoms with van der Waals surface area (Å²) in [5, 5.41) is 0.399. The molecule has 0 aliphatic carbocycles. The Morgan fingerprint density at radius 2 is 1.64 bits per heavy atom. The summed E-state index contributed by atoms with van der Waals surface area (Å²) in [4.78, 5) is 42.6. The van der Waals surface area contributed by atoms with Crippen LogP contribution in [0.2, 0.25) is 5.02 Å². The molecule has 3 aromatic rings. The number of amides is 2. The molecule has 2 aliphatic rings. The molecular formula is C29H27ClN2O7. The van der Waals surface area contributed by atoms with Crippen LogP contribution in [0.4, 0.5) is 5.69 Å². The summed E-state index contributed by atoms with van der Waals surface area (Å²) in [6.07, 6.45) is -1.07. The van der Waals surface area contributed by atoms with Gasteiger partial charge in [-0.05, 0) is 30.7 Å². The smallest absolute Gasteiger partial charge is 0.326 e. The van der Waals surface area contributed by atoms with Crippen LogP contribution < -0.4 is 19.1 Å². The van der Waals surface area contributed by atoms with Gasteiger partial charge in [0.1, 0.15) is 35.9 Å². The third kappa shape index (κ3) is 4.42. The lowest BCUT2D eigenvalue weighted by atomic mass is 9.69. The fourth-order valence-corrected chi connectivity index (χ4v) is 5.42. The monoisotopic (exact) mass is 550 g/mol. The van der Waals surface area contributed by atoms with Crippen LogP contribution in [0.1, 0.15) is 18.1 Å². The van der Waals surface area contributed by atoms with E-state index in [0.29, 0.717) is 33.5 Å². The van der Waals surface area contributed by atoms with E-state index >= 15 is 0 Å². The molecule has 2 aliphatic heterocycles. The molecule has 1 fully saturated rings. The number of methoxy groups -OCH3 is 2. The lowest BCUT2D eigenvalue weighted by molar-refractivity contribution is -0.177. The zero-order chi connectivity index (χ0) is 27.7. The normalized spacial score (nSPS) is 19.8. The van der Waals surface area contributed by atoms with Gasteiger partial charge >= 0.3 is 5.97 Å². The molecule has 0 radical (unpaired) electrons. The Labute approximate surface area is 230 Å². The third-order valence-corrected chi connectivity index (χ3v) is 7.17. The summed E-state index contributed by atoms with van der Waals surface area (Å²) in [6.45, 7) is 1.28. The second-order valence-electron chi connectivity index (χ2n) is 9.05. The molecule has 3 aromatic carbocycles. The van der Waals surface area contributed by atoms with Gasteiger partial charge in [0.15, 0.2) is 0 Å². The van der Waals surface area contributed by atoms with E-state index in [-0.39, 0.29) is 19.7 Å². The Morgan fingerprint density at radius 1 is 0.974 bits per heavy atom. The average Bonchev–Trinajstić information content (AvgIpc) is 3.03. The number of carbonyl (C=O) groups excluding carboxylic acids is 3. The fourth-order valence-electron chi connectivity index (χ4n) is 5.25. The van der Waals surface area contributed by atoms with Gasteiger partial charge in [-0.2, -0.15) is 0 Å². The highest BCUT2D eigenvalue weighted by molar-refractivity contribution is 6.30. The second-order valence-corrected chi connectivity index (χ2v) is 9.49. The zero-order valence-corrected chi connectivity index (χ0v) is 22.4. The van der Waals surface area contributed by atoms with Crippen molar-refractivity contribution in [1.29, 1.82) is 0 Å². The molecule has 0 bridgehead atoms. The summed E-state index contributed by atoms with van der Waals surface area (Å²) in [7, 11) is 3.04. The number of fused-ring (bicyclic) bond motifs is 3. The largest absolute Gasteiger partial charge is 0.496 e. The standard InChI is InChI=1S/C29H27ClN2O7/c1-4-38-26(34)17-31-24-11-10-19(30)12-23(24)29(18-8-6-5-7-9-18)27(28(35)32(29)16-25(31)33)39-22-14-20(36-2)13-21(15-22)37-3/h5-15,27H,4,16-17H2,1-3H3/t27-,29-/m1/s1. The van der Waals surface area contributed by atoms with Crippen LogP contribution in [-0.2, 0) is 24.7 Å². The Hall–Kier alpha value is -4.24. The molecule has 0 aromatic heterocycles. The molecule has 9 nitrogen and oxygen atoms in total. The molecule has 2 atom stereocenters. The lowest BCUT2D eigenvalue weighted by Crippen LogP contribution is -2.74. The fraction of sp³-hybridized carbons (Fsp3) is 0.276. The van der Waals surface area contributed by atoms with E-state index < -0.39 is 29.4 Å². The van der Waals surface area contributed by atoms with Crippen molar-refractivity contribution >= 4 is 35.1 Å². The number of nitrogens with zero attached hydrogens (tertiary/aromatic N) is 2. The first-order valence-electron chi connectivity index (χ1n) is 12.4. The molecule has 10 heteroatoms. The van der Waals surface area contributed by atoms with Crippen molar-refractivity contribution in [2.75, 3.05) is 38.8 Å². The highest BCUT2D eigenvalue weighted by atomic mass is 35.5. The number of hydrogen-bond donors (Lipinski definition) is 0. The molecule has 39 heavy (non-hydrogen) atoms. The number of halogens is 1. The highest BCUT2D eigenvalue weighted by Crippen LogP contribution is 2.53. The summed E-state index contributed by atoms with van der Waals surface area (Å²) >= 11 is 6.51. The topological polar surface area (TPSA) is 94.6 Å². The zero-order valence-electron chi connectivity index (χ0n) is 21.7. The van der Waals surface area contributed by atoms with Crippen LogP contribution in [0.25, 0.3) is 0 Å². The van der Waals surface area contributed by atoms with Crippen LogP contribution in [0, 0.1) is 0 Å². The maximum absolute atomic E-state index is 13.8. The number of rotatable bonds is 8. The number of benzene rings is 3. The highest BCUT2D eigenvalue weighted by Gasteiger charge is 2.66. The Bertz CT molecular complexity index is 1410. The number of anilines is 1. The van der Waals surface area contributed by atoms with E-state index in [0.717, 1.165) is 5.56 Å². The lowest BCUT2D eigenvalue weighted by Gasteiger charge is -2.56. The Balaban J connectivity index is 1.71. The van der Waals surface area contributed by atoms with Crippen molar-refractivity contribution in [3.05, 3.63) is 82.9 Å². The van der Waals surface area contributed by atoms with Crippen molar-refractivity contribution in [3.63, 3.8) is 0 Å². The first-order chi connectivity index (χ1) is 18.8. The van der Waals surface area contributed by atoms with E-state index in [1.807, 2.05) is 30.3 Å². The Morgan fingerprint density at radius 3 is 2.28 bits per heavy atom. The number of esters is 1. The van der Waals surface area contributed by atoms with Crippen LogP contribution >= 0.6 is 11.6 Å². The summed E-state index contributed by atoms with van der Waals surface area (Å²) in [5.74, 6) is -0.0599. The molecule has 202 valence electrons. The van der Waals surface area contributed by atoms with E-state index in [4.69, 9.17) is 30.5 Å². The summed E-state index contributed by atoms with van der Waals surface area (Å²) in [6, 6.07) is 19.4. The minimum Gasteiger partial charge on any atom is -0.496 e. The van der Waals surface area contributed by atoms with Crippen LogP contribution in [0.3, 0.4) is 0 Å². The van der Waals surface area contributed by atoms with Gasteiger partial charge in [-0.15, -0.1) is 0 Å². The van der Waals surface area contributed by atoms with Crippen molar-refractivity contribution in [1.82, 2.24) is 4.90 Å². The predicted molar refractivity (Wildman–Crippen MR) is 143 cm³/mol. The van der Waals surface area contributed by atoms with E-state index in [1.54, 1.807) is 43.3 Å². The molecular weight excluding hydrogens is 524 g/mol. The first kappa shape index (κ1) is 26.4. The van der Waals surface area contributed by atoms with Gasteiger partial charge in [-0.25, -0.2) is 0 Å². The van der Waals surface area contributed by atoms with Gasteiger partial charge < -0.3 is 23.8 Å². The molecule has 0 spiro atoms. The summed E-state index contributed by atoms with van der Waals surface area (Å²) < 4.78 is 22.3. The van der Waals surface area contributed by atoms with Crippen molar-refractivity contribution in [2.24, 2.45) is 0 Å². The van der Waals surface area contributed by atoms with Crippen molar-refractivity contribution in [3.8, 4) is 17.2 Å². The maximum atomic E-state index is 13.8. The summed E-state index contributed by atoms with van der Waals surface area (Å²) in [5.41, 5.74) is 0.483. The number of ether oxygens (including phenoxy) is 4. The SMILES string of the molecule is CCOC(=O)CN1C(=O)CN2C(=O)[C@@H](Oc3cc(OC)cc(OC)c3)[C@@]2(c2ccccc2)c2cc(Cl)ccc21. The van der Waals surface area contributed by atoms with Gasteiger partial charge in [0.25, 0.3) is 5.91 Å². The molecule has 0 N–H and O–H groups in total. The number of carbonyl (C=O) groups is 3. The van der Waals surface area contributed by atoms with Gasteiger partial charge in [0.05, 0.1) is 26.5 Å². The minimum atomic E-state index is -1.23. The van der Waals surface area contributed by atoms with E-state index in [9.17, 15) is 14.4 Å². The van der Waals surface area contributed by atoms with Crippen LogP contribution in [0.15, 0.2) is 66.7 Å². The molecule has 5 rings (SSSR count). The average molecular weight is 551 g/mol. The quantitative estimate of drug-likeness (QED) is 0.311. The maximum Gasteiger partial charge on any atom is 0.326 e. The van der Waals surface area contributed by atoms with Gasteiger partial charge in [0.2, 0.25) is 12.0 Å². The molecule has 1 saturated heterocycles. The number of hydrogen-bond acceptors (Lipinski definition) is 7. The van der Waals surface area contributed by atoms with Gasteiger partial charge in [-0.3, -0.25) is 19.3 Å². The third-order valence-electron chi connectivity index (χ3n) is 6.94. The van der Waals surface area contributed by atoms with Gasteiger partial charge in [0, 0.05) is 28.8 Å². The molecule has 2 heterocycles. The minimum absolute atomic E-state index is 0.173. The Kier molecular flexibility index (Phi) is 7.10. The molecule has 2 amide bonds. The first-order valence-corrected chi connectivity index (χ1v) is 12.7. The van der Waals surface area contributed by atoms with Crippen molar-refractivity contribution < 1.29 is 33.3 Å². The van der Waals surface area contributed by atoms with E-state index in [2.05, 4.69) is 0 Å². The van der Waals surface area contributed by atoms with Crippen LogP contribution in [0.5, 0.6) is 17.2 Å².